The van der Waals surface area contributed by atoms with E-state index in [0.717, 1.165) is 19.3 Å². The first kappa shape index (κ1) is 26.6. The van der Waals surface area contributed by atoms with E-state index >= 15 is 0 Å². The number of hydrogen-bond donors (Lipinski definition) is 2. The Bertz CT molecular complexity index is 1400. The van der Waals surface area contributed by atoms with Gasteiger partial charge in [0.15, 0.2) is 0 Å². The van der Waals surface area contributed by atoms with Crippen LogP contribution in [0.1, 0.15) is 44.7 Å². The van der Waals surface area contributed by atoms with E-state index in [9.17, 15) is 18.0 Å². The molecule has 1 heterocycles. The van der Waals surface area contributed by atoms with Gasteiger partial charge in [-0.15, -0.1) is 0 Å². The minimum Gasteiger partial charge on any atom is -0.494 e. The first-order valence-corrected chi connectivity index (χ1v) is 13.9. The minimum absolute atomic E-state index is 0.130. The third kappa shape index (κ3) is 6.64. The van der Waals surface area contributed by atoms with Crippen molar-refractivity contribution in [2.75, 3.05) is 18.5 Å². The van der Waals surface area contributed by atoms with Gasteiger partial charge >= 0.3 is 0 Å². The van der Waals surface area contributed by atoms with Crippen LogP contribution in [0.3, 0.4) is 0 Å². The van der Waals surface area contributed by atoms with Crippen LogP contribution in [0.15, 0.2) is 64.3 Å². The molecule has 10 heteroatoms. The SMILES string of the molecule is CCOc1ccc(S(=O)(=O)N(CC(=O)Nc2cccc(-c3nc(C)cc(=O)[nH]3)c2)C2CCCCC2)cc1. The lowest BCUT2D eigenvalue weighted by molar-refractivity contribution is -0.116. The number of aromatic amines is 1. The summed E-state index contributed by atoms with van der Waals surface area (Å²) in [5.74, 6) is 0.540. The molecule has 2 aromatic carbocycles. The first-order valence-electron chi connectivity index (χ1n) is 12.5. The van der Waals surface area contributed by atoms with Crippen LogP contribution >= 0.6 is 0 Å². The maximum atomic E-state index is 13.7. The van der Waals surface area contributed by atoms with E-state index in [4.69, 9.17) is 4.74 Å². The second-order valence-electron chi connectivity index (χ2n) is 9.11. The maximum absolute atomic E-state index is 13.7. The Morgan fingerprint density at radius 3 is 2.51 bits per heavy atom. The van der Waals surface area contributed by atoms with E-state index in [1.54, 1.807) is 43.3 Å². The van der Waals surface area contributed by atoms with E-state index in [0.29, 0.717) is 48.0 Å². The molecule has 1 amide bonds. The summed E-state index contributed by atoms with van der Waals surface area (Å²) in [7, 11) is -3.91. The van der Waals surface area contributed by atoms with Crippen molar-refractivity contribution in [1.29, 1.82) is 0 Å². The van der Waals surface area contributed by atoms with Gasteiger partial charge in [-0.2, -0.15) is 4.31 Å². The molecule has 0 aliphatic heterocycles. The van der Waals surface area contributed by atoms with Gasteiger partial charge in [-0.3, -0.25) is 9.59 Å². The van der Waals surface area contributed by atoms with Crippen molar-refractivity contribution in [3.05, 3.63) is 70.6 Å². The van der Waals surface area contributed by atoms with Crippen molar-refractivity contribution < 1.29 is 17.9 Å². The Morgan fingerprint density at radius 2 is 1.84 bits per heavy atom. The van der Waals surface area contributed by atoms with Crippen LogP contribution in [0.25, 0.3) is 11.4 Å². The monoisotopic (exact) mass is 524 g/mol. The number of benzene rings is 2. The highest BCUT2D eigenvalue weighted by molar-refractivity contribution is 7.89. The number of aromatic nitrogens is 2. The number of sulfonamides is 1. The van der Waals surface area contributed by atoms with Gasteiger partial charge in [-0.1, -0.05) is 31.4 Å². The zero-order valence-corrected chi connectivity index (χ0v) is 21.9. The number of rotatable bonds is 9. The van der Waals surface area contributed by atoms with Crippen molar-refractivity contribution >= 4 is 21.6 Å². The minimum atomic E-state index is -3.91. The van der Waals surface area contributed by atoms with Crippen molar-refractivity contribution in [3.8, 4) is 17.1 Å². The summed E-state index contributed by atoms with van der Waals surface area (Å²) in [5, 5.41) is 2.82. The molecule has 0 unspecified atom stereocenters. The van der Waals surface area contributed by atoms with Crippen LogP contribution in [0.5, 0.6) is 5.75 Å². The lowest BCUT2D eigenvalue weighted by Crippen LogP contribution is -2.45. The topological polar surface area (TPSA) is 121 Å². The van der Waals surface area contributed by atoms with Crippen LogP contribution in [0.2, 0.25) is 0 Å². The van der Waals surface area contributed by atoms with E-state index in [1.807, 2.05) is 6.92 Å². The van der Waals surface area contributed by atoms with Gasteiger partial charge in [0.25, 0.3) is 5.56 Å². The number of ether oxygens (including phenoxy) is 1. The third-order valence-corrected chi connectivity index (χ3v) is 8.22. The van der Waals surface area contributed by atoms with E-state index in [2.05, 4.69) is 15.3 Å². The number of carbonyl (C=O) groups is 1. The molecule has 9 nitrogen and oxygen atoms in total. The molecular formula is C27H32N4O5S. The molecular weight excluding hydrogens is 492 g/mol. The molecule has 4 rings (SSSR count). The Balaban J connectivity index is 1.56. The third-order valence-electron chi connectivity index (χ3n) is 6.31. The second-order valence-corrected chi connectivity index (χ2v) is 11.0. The summed E-state index contributed by atoms with van der Waals surface area (Å²) in [4.78, 5) is 32.2. The van der Waals surface area contributed by atoms with E-state index in [1.165, 1.54) is 22.5 Å². The van der Waals surface area contributed by atoms with Gasteiger partial charge < -0.3 is 15.0 Å². The number of amides is 1. The number of carbonyl (C=O) groups excluding carboxylic acids is 1. The molecule has 0 bridgehead atoms. The van der Waals surface area contributed by atoms with Gasteiger partial charge in [-0.25, -0.2) is 13.4 Å². The molecule has 0 atom stereocenters. The Kier molecular flexibility index (Phi) is 8.40. The summed E-state index contributed by atoms with van der Waals surface area (Å²) in [5.41, 5.74) is 1.42. The molecule has 1 aliphatic rings. The molecule has 1 aromatic heterocycles. The number of nitrogens with one attached hydrogen (secondary N) is 2. The fraction of sp³-hybridized carbons (Fsp3) is 0.370. The molecule has 1 saturated carbocycles. The highest BCUT2D eigenvalue weighted by Crippen LogP contribution is 2.29. The smallest absolute Gasteiger partial charge is 0.251 e. The standard InChI is InChI=1S/C27H32N4O5S/c1-3-36-23-12-14-24(15-13-23)37(34,35)31(22-10-5-4-6-11-22)18-26(33)29-21-9-7-8-20(17-21)27-28-19(2)16-25(32)30-27/h7-9,12-17,22H,3-6,10-11,18H2,1-2H3,(H,29,33)(H,28,30,32). The predicted molar refractivity (Wildman–Crippen MR) is 142 cm³/mol. The van der Waals surface area contributed by atoms with Gasteiger partial charge in [0.2, 0.25) is 15.9 Å². The Morgan fingerprint density at radius 1 is 1.11 bits per heavy atom. The Hall–Kier alpha value is -3.50. The summed E-state index contributed by atoms with van der Waals surface area (Å²) < 4.78 is 34.1. The zero-order chi connectivity index (χ0) is 26.4. The summed E-state index contributed by atoms with van der Waals surface area (Å²) in [6, 6.07) is 14.4. The zero-order valence-electron chi connectivity index (χ0n) is 21.1. The summed E-state index contributed by atoms with van der Waals surface area (Å²) in [6.07, 6.45) is 4.33. The Labute approximate surface area is 217 Å². The predicted octanol–water partition coefficient (Wildman–Crippen LogP) is 4.11. The average molecular weight is 525 g/mol. The molecule has 196 valence electrons. The molecule has 0 radical (unpaired) electrons. The van der Waals surface area contributed by atoms with Crippen LogP contribution < -0.4 is 15.6 Å². The normalized spacial score (nSPS) is 14.5. The highest BCUT2D eigenvalue weighted by atomic mass is 32.2. The fourth-order valence-electron chi connectivity index (χ4n) is 4.59. The van der Waals surface area contributed by atoms with Crippen LogP contribution in [0.4, 0.5) is 5.69 Å². The number of hydrogen-bond acceptors (Lipinski definition) is 6. The lowest BCUT2D eigenvalue weighted by Gasteiger charge is -2.33. The van der Waals surface area contributed by atoms with E-state index in [-0.39, 0.29) is 23.0 Å². The van der Waals surface area contributed by atoms with Gasteiger partial charge in [0.1, 0.15) is 11.6 Å². The number of H-pyrrole nitrogens is 1. The van der Waals surface area contributed by atoms with Crippen LogP contribution in [-0.2, 0) is 14.8 Å². The van der Waals surface area contributed by atoms with Gasteiger partial charge in [0, 0.05) is 29.1 Å². The lowest BCUT2D eigenvalue weighted by atomic mass is 9.95. The fourth-order valence-corrected chi connectivity index (χ4v) is 6.23. The van der Waals surface area contributed by atoms with Gasteiger partial charge in [0.05, 0.1) is 18.0 Å². The molecule has 2 N–H and O–H groups in total. The summed E-state index contributed by atoms with van der Waals surface area (Å²) >= 11 is 0. The molecule has 0 spiro atoms. The molecule has 1 fully saturated rings. The van der Waals surface area contributed by atoms with Crippen LogP contribution in [-0.4, -0.2) is 47.8 Å². The maximum Gasteiger partial charge on any atom is 0.251 e. The second kappa shape index (κ2) is 11.7. The van der Waals surface area contributed by atoms with Crippen molar-refractivity contribution in [3.63, 3.8) is 0 Å². The molecule has 3 aromatic rings. The number of nitrogens with zero attached hydrogens (tertiary/aromatic N) is 2. The van der Waals surface area contributed by atoms with Crippen LogP contribution in [0, 0.1) is 6.92 Å². The van der Waals surface area contributed by atoms with Crippen molar-refractivity contribution in [1.82, 2.24) is 14.3 Å². The quantitative estimate of drug-likeness (QED) is 0.435. The van der Waals surface area contributed by atoms with E-state index < -0.39 is 15.9 Å². The molecule has 1 aliphatic carbocycles. The highest BCUT2D eigenvalue weighted by Gasteiger charge is 2.34. The molecule has 0 saturated heterocycles. The first-order chi connectivity index (χ1) is 17.8. The molecule has 37 heavy (non-hydrogen) atoms. The summed E-state index contributed by atoms with van der Waals surface area (Å²) in [6.45, 7) is 3.77. The van der Waals surface area contributed by atoms with Crippen molar-refractivity contribution in [2.24, 2.45) is 0 Å². The van der Waals surface area contributed by atoms with Crippen molar-refractivity contribution in [2.45, 2.75) is 56.9 Å². The largest absolute Gasteiger partial charge is 0.494 e. The average Bonchev–Trinajstić information content (AvgIpc) is 2.88. The number of aryl methyl sites for hydroxylation is 1. The van der Waals surface area contributed by atoms with Gasteiger partial charge in [-0.05, 0) is 63.1 Å². The number of anilines is 1.